The predicted octanol–water partition coefficient (Wildman–Crippen LogP) is 1.62. The van der Waals surface area contributed by atoms with Gasteiger partial charge in [-0.15, -0.1) is 23.2 Å². The third-order valence-corrected chi connectivity index (χ3v) is 1.72. The highest BCUT2D eigenvalue weighted by Gasteiger charge is 2.17. The van der Waals surface area contributed by atoms with E-state index < -0.39 is 0 Å². The van der Waals surface area contributed by atoms with Crippen LogP contribution in [-0.4, -0.2) is 24.0 Å². The molecule has 1 aliphatic rings. The molecule has 0 spiro atoms. The van der Waals surface area contributed by atoms with Crippen molar-refractivity contribution in [2.24, 2.45) is 0 Å². The Morgan fingerprint density at radius 1 is 1.12 bits per heavy atom. The second-order valence-corrected chi connectivity index (χ2v) is 3.20. The molecule has 1 nitrogen and oxygen atoms in total. The van der Waals surface area contributed by atoms with E-state index in [0.29, 0.717) is 13.2 Å². The minimum atomic E-state index is 0.131. The van der Waals surface area contributed by atoms with Gasteiger partial charge in [0.2, 0.25) is 0 Å². The van der Waals surface area contributed by atoms with Gasteiger partial charge in [0.1, 0.15) is 0 Å². The summed E-state index contributed by atoms with van der Waals surface area (Å²) in [4.78, 5) is 0. The molecule has 0 saturated carbocycles. The summed E-state index contributed by atoms with van der Waals surface area (Å²) in [5, 5.41) is 0.262. The standard InChI is InChI=1S/C5H8Cl2O/c6-4-1-5(7)3-8-2-4/h4-5H,1-3H2. The number of hydrogen-bond donors (Lipinski definition) is 0. The monoisotopic (exact) mass is 154 g/mol. The minimum Gasteiger partial charge on any atom is -0.378 e. The molecule has 1 fully saturated rings. The lowest BCUT2D eigenvalue weighted by molar-refractivity contribution is 0.103. The lowest BCUT2D eigenvalue weighted by atomic mass is 10.2. The quantitative estimate of drug-likeness (QED) is 0.483. The fraction of sp³-hybridized carbons (Fsp3) is 1.00. The molecule has 0 N–H and O–H groups in total. The van der Waals surface area contributed by atoms with Gasteiger partial charge in [0, 0.05) is 0 Å². The van der Waals surface area contributed by atoms with Crippen LogP contribution in [0.1, 0.15) is 6.42 Å². The van der Waals surface area contributed by atoms with Crippen molar-refractivity contribution in [1.29, 1.82) is 0 Å². The molecular weight excluding hydrogens is 147 g/mol. The zero-order chi connectivity index (χ0) is 5.98. The Labute approximate surface area is 58.9 Å². The molecule has 1 aliphatic heterocycles. The molecule has 1 heterocycles. The normalized spacial score (nSPS) is 39.8. The van der Waals surface area contributed by atoms with Crippen LogP contribution in [0, 0.1) is 0 Å². The van der Waals surface area contributed by atoms with Gasteiger partial charge in [0.05, 0.1) is 24.0 Å². The molecule has 0 radical (unpaired) electrons. The molecule has 8 heavy (non-hydrogen) atoms. The van der Waals surface area contributed by atoms with Gasteiger partial charge in [-0.25, -0.2) is 0 Å². The van der Waals surface area contributed by atoms with Gasteiger partial charge in [-0.3, -0.25) is 0 Å². The first-order valence-electron chi connectivity index (χ1n) is 2.65. The molecule has 48 valence electrons. The predicted molar refractivity (Wildman–Crippen MR) is 34.7 cm³/mol. The van der Waals surface area contributed by atoms with E-state index >= 15 is 0 Å². The van der Waals surface area contributed by atoms with E-state index in [1.165, 1.54) is 0 Å². The first-order valence-corrected chi connectivity index (χ1v) is 3.52. The molecular formula is C5H8Cl2O. The van der Waals surface area contributed by atoms with Crippen LogP contribution in [-0.2, 0) is 4.74 Å². The maximum absolute atomic E-state index is 5.70. The van der Waals surface area contributed by atoms with Crippen LogP contribution in [0.15, 0.2) is 0 Å². The van der Waals surface area contributed by atoms with Crippen LogP contribution in [0.2, 0.25) is 0 Å². The zero-order valence-electron chi connectivity index (χ0n) is 4.44. The Hall–Kier alpha value is 0.540. The zero-order valence-corrected chi connectivity index (χ0v) is 5.95. The van der Waals surface area contributed by atoms with Gasteiger partial charge >= 0.3 is 0 Å². The second kappa shape index (κ2) is 2.90. The van der Waals surface area contributed by atoms with Gasteiger partial charge < -0.3 is 4.74 Å². The molecule has 2 atom stereocenters. The molecule has 0 aromatic rings. The average molecular weight is 155 g/mol. The van der Waals surface area contributed by atoms with Crippen molar-refractivity contribution < 1.29 is 4.74 Å². The SMILES string of the molecule is ClC1COCC(Cl)C1. The Bertz CT molecular complexity index is 68.8. The summed E-state index contributed by atoms with van der Waals surface area (Å²) in [6.45, 7) is 1.32. The van der Waals surface area contributed by atoms with Gasteiger partial charge in [0.25, 0.3) is 0 Å². The highest BCUT2D eigenvalue weighted by Crippen LogP contribution is 2.16. The average Bonchev–Trinajstić information content (AvgIpc) is 1.64. The van der Waals surface area contributed by atoms with Crippen molar-refractivity contribution in [1.82, 2.24) is 0 Å². The molecule has 3 heteroatoms. The molecule has 1 rings (SSSR count). The van der Waals surface area contributed by atoms with Gasteiger partial charge in [-0.05, 0) is 6.42 Å². The van der Waals surface area contributed by atoms with E-state index in [-0.39, 0.29) is 10.8 Å². The highest BCUT2D eigenvalue weighted by atomic mass is 35.5. The summed E-state index contributed by atoms with van der Waals surface area (Å²) in [5.74, 6) is 0. The Morgan fingerprint density at radius 3 is 1.88 bits per heavy atom. The van der Waals surface area contributed by atoms with Crippen molar-refractivity contribution in [2.75, 3.05) is 13.2 Å². The Kier molecular flexibility index (Phi) is 2.42. The fourth-order valence-electron chi connectivity index (χ4n) is 0.737. The molecule has 0 aromatic carbocycles. The smallest absolute Gasteiger partial charge is 0.0631 e. The molecule has 1 saturated heterocycles. The molecule has 0 bridgehead atoms. The fourth-order valence-corrected chi connectivity index (χ4v) is 1.44. The third-order valence-electron chi connectivity index (χ3n) is 1.11. The molecule has 2 unspecified atom stereocenters. The van der Waals surface area contributed by atoms with E-state index in [0.717, 1.165) is 6.42 Å². The van der Waals surface area contributed by atoms with Crippen LogP contribution in [0.3, 0.4) is 0 Å². The number of rotatable bonds is 0. The maximum Gasteiger partial charge on any atom is 0.0631 e. The second-order valence-electron chi connectivity index (χ2n) is 1.97. The number of alkyl halides is 2. The summed E-state index contributed by atoms with van der Waals surface area (Å²) in [5.41, 5.74) is 0. The minimum absolute atomic E-state index is 0.131. The summed E-state index contributed by atoms with van der Waals surface area (Å²) < 4.78 is 5.03. The topological polar surface area (TPSA) is 9.23 Å². The first kappa shape index (κ1) is 6.66. The Balaban J connectivity index is 2.23. The Morgan fingerprint density at radius 2 is 1.62 bits per heavy atom. The summed E-state index contributed by atoms with van der Waals surface area (Å²) in [6, 6.07) is 0. The lowest BCUT2D eigenvalue weighted by Crippen LogP contribution is -2.25. The van der Waals surface area contributed by atoms with E-state index in [1.807, 2.05) is 0 Å². The van der Waals surface area contributed by atoms with Crippen molar-refractivity contribution in [3.63, 3.8) is 0 Å². The number of ether oxygens (including phenoxy) is 1. The van der Waals surface area contributed by atoms with Crippen LogP contribution in [0.5, 0.6) is 0 Å². The van der Waals surface area contributed by atoms with E-state index in [4.69, 9.17) is 27.9 Å². The largest absolute Gasteiger partial charge is 0.378 e. The van der Waals surface area contributed by atoms with Gasteiger partial charge in [-0.1, -0.05) is 0 Å². The first-order chi connectivity index (χ1) is 3.79. The highest BCUT2D eigenvalue weighted by molar-refractivity contribution is 6.23. The summed E-state index contributed by atoms with van der Waals surface area (Å²) >= 11 is 11.4. The van der Waals surface area contributed by atoms with Crippen molar-refractivity contribution in [3.8, 4) is 0 Å². The van der Waals surface area contributed by atoms with E-state index in [9.17, 15) is 0 Å². The van der Waals surface area contributed by atoms with Crippen LogP contribution in [0.4, 0.5) is 0 Å². The van der Waals surface area contributed by atoms with Crippen LogP contribution < -0.4 is 0 Å². The molecule has 0 aliphatic carbocycles. The lowest BCUT2D eigenvalue weighted by Gasteiger charge is -2.20. The van der Waals surface area contributed by atoms with Crippen molar-refractivity contribution in [2.45, 2.75) is 17.2 Å². The third kappa shape index (κ3) is 1.81. The molecule has 0 amide bonds. The van der Waals surface area contributed by atoms with E-state index in [1.54, 1.807) is 0 Å². The van der Waals surface area contributed by atoms with Gasteiger partial charge in [-0.2, -0.15) is 0 Å². The maximum atomic E-state index is 5.70. The van der Waals surface area contributed by atoms with E-state index in [2.05, 4.69) is 0 Å². The van der Waals surface area contributed by atoms with Crippen LogP contribution in [0.25, 0.3) is 0 Å². The van der Waals surface area contributed by atoms with Crippen LogP contribution >= 0.6 is 23.2 Å². The summed E-state index contributed by atoms with van der Waals surface area (Å²) in [7, 11) is 0. The van der Waals surface area contributed by atoms with Gasteiger partial charge in [0.15, 0.2) is 0 Å². The summed E-state index contributed by atoms with van der Waals surface area (Å²) in [6.07, 6.45) is 0.878. The van der Waals surface area contributed by atoms with Crippen molar-refractivity contribution in [3.05, 3.63) is 0 Å². The molecule has 0 aromatic heterocycles. The number of halogens is 2. The number of hydrogen-bond acceptors (Lipinski definition) is 1. The van der Waals surface area contributed by atoms with Crippen molar-refractivity contribution >= 4 is 23.2 Å².